The van der Waals surface area contributed by atoms with E-state index in [0.29, 0.717) is 12.1 Å². The smallest absolute Gasteiger partial charge is 0.128 e. The van der Waals surface area contributed by atoms with Gasteiger partial charge in [0.25, 0.3) is 0 Å². The highest BCUT2D eigenvalue weighted by atomic mass is 19.1. The summed E-state index contributed by atoms with van der Waals surface area (Å²) in [5.41, 5.74) is 11.9. The first-order valence-electron chi connectivity index (χ1n) is 5.29. The molecule has 2 rings (SSSR count). The van der Waals surface area contributed by atoms with Crippen molar-refractivity contribution in [2.75, 3.05) is 6.54 Å². The third kappa shape index (κ3) is 1.93. The molecule has 1 fully saturated rings. The second kappa shape index (κ2) is 4.45. The van der Waals surface area contributed by atoms with Gasteiger partial charge in [-0.25, -0.2) is 14.2 Å². The van der Waals surface area contributed by atoms with E-state index in [1.165, 1.54) is 6.07 Å². The number of halogens is 2. The molecular weight excluding hydrogens is 212 g/mol. The van der Waals surface area contributed by atoms with Crippen LogP contribution in [0.25, 0.3) is 0 Å². The summed E-state index contributed by atoms with van der Waals surface area (Å²) in [6.07, 6.45) is 0. The number of nitrogens with one attached hydrogen (secondary N) is 2. The van der Waals surface area contributed by atoms with E-state index in [9.17, 15) is 8.78 Å². The van der Waals surface area contributed by atoms with Crippen molar-refractivity contribution in [3.05, 3.63) is 35.4 Å². The lowest BCUT2D eigenvalue weighted by atomic mass is 9.90. The first kappa shape index (κ1) is 11.4. The Morgan fingerprint density at radius 2 is 2.06 bits per heavy atom. The zero-order valence-electron chi connectivity index (χ0n) is 9.00. The van der Waals surface area contributed by atoms with Crippen molar-refractivity contribution in [1.82, 2.24) is 10.9 Å². The normalized spacial score (nSPS) is 29.6. The average molecular weight is 227 g/mol. The van der Waals surface area contributed by atoms with Gasteiger partial charge in [0.2, 0.25) is 0 Å². The third-order valence-electron chi connectivity index (χ3n) is 3.10. The molecule has 1 heterocycles. The van der Waals surface area contributed by atoms with Crippen LogP contribution in [0.15, 0.2) is 18.2 Å². The fourth-order valence-corrected chi connectivity index (χ4v) is 2.13. The maximum atomic E-state index is 13.6. The average Bonchev–Trinajstić information content (AvgIpc) is 2.63. The fourth-order valence-electron chi connectivity index (χ4n) is 2.13. The van der Waals surface area contributed by atoms with Crippen LogP contribution in [-0.2, 0) is 0 Å². The lowest BCUT2D eigenvalue weighted by Crippen LogP contribution is -2.30. The molecule has 4 N–H and O–H groups in total. The van der Waals surface area contributed by atoms with Crippen LogP contribution < -0.4 is 16.6 Å². The van der Waals surface area contributed by atoms with Crippen molar-refractivity contribution >= 4 is 0 Å². The van der Waals surface area contributed by atoms with Gasteiger partial charge in [-0.3, -0.25) is 5.43 Å². The van der Waals surface area contributed by atoms with Gasteiger partial charge in [-0.2, -0.15) is 0 Å². The van der Waals surface area contributed by atoms with Crippen molar-refractivity contribution in [1.29, 1.82) is 0 Å². The first-order chi connectivity index (χ1) is 7.63. The minimum absolute atomic E-state index is 0.0521. The molecule has 0 spiro atoms. The number of hydrogen-bond donors (Lipinski definition) is 3. The Morgan fingerprint density at radius 3 is 2.75 bits per heavy atom. The standard InChI is InChI=1S/C11H15F2N3/c1-6-9(5-14)11(16-15-6)8-4-7(12)2-3-10(8)13/h2-4,6,9,11,15-16H,5,14H2,1H3. The molecule has 5 heteroatoms. The predicted molar refractivity (Wildman–Crippen MR) is 57.4 cm³/mol. The second-order valence-electron chi connectivity index (χ2n) is 4.12. The SMILES string of the molecule is CC1NNC(c2cc(F)ccc2F)C1CN. The largest absolute Gasteiger partial charge is 0.330 e. The van der Waals surface area contributed by atoms with Crippen molar-refractivity contribution in [2.24, 2.45) is 11.7 Å². The summed E-state index contributed by atoms with van der Waals surface area (Å²) in [4.78, 5) is 0. The molecule has 3 nitrogen and oxygen atoms in total. The Labute approximate surface area is 93.0 Å². The van der Waals surface area contributed by atoms with E-state index < -0.39 is 11.6 Å². The van der Waals surface area contributed by atoms with Crippen LogP contribution in [0.3, 0.4) is 0 Å². The molecule has 0 aliphatic carbocycles. The number of nitrogens with two attached hydrogens (primary N) is 1. The molecule has 0 bridgehead atoms. The monoisotopic (exact) mass is 227 g/mol. The fraction of sp³-hybridized carbons (Fsp3) is 0.455. The molecule has 1 aliphatic heterocycles. The van der Waals surface area contributed by atoms with E-state index in [4.69, 9.17) is 5.73 Å². The molecule has 0 amide bonds. The molecule has 1 aromatic rings. The van der Waals surface area contributed by atoms with Crippen LogP contribution in [0.1, 0.15) is 18.5 Å². The van der Waals surface area contributed by atoms with Gasteiger partial charge in [0, 0.05) is 17.5 Å². The van der Waals surface area contributed by atoms with Crippen molar-refractivity contribution < 1.29 is 8.78 Å². The van der Waals surface area contributed by atoms with Crippen molar-refractivity contribution in [2.45, 2.75) is 19.0 Å². The molecule has 1 aliphatic rings. The lowest BCUT2D eigenvalue weighted by molar-refractivity contribution is 0.428. The van der Waals surface area contributed by atoms with Gasteiger partial charge in [0.05, 0.1) is 6.04 Å². The lowest BCUT2D eigenvalue weighted by Gasteiger charge is -2.19. The summed E-state index contributed by atoms with van der Waals surface area (Å²) in [5.74, 6) is -0.793. The van der Waals surface area contributed by atoms with Gasteiger partial charge in [-0.05, 0) is 31.7 Å². The number of rotatable bonds is 2. The van der Waals surface area contributed by atoms with Crippen LogP contribution in [0.4, 0.5) is 8.78 Å². The Hall–Kier alpha value is -1.04. The van der Waals surface area contributed by atoms with Gasteiger partial charge in [-0.15, -0.1) is 0 Å². The van der Waals surface area contributed by atoms with Crippen LogP contribution in [0.2, 0.25) is 0 Å². The van der Waals surface area contributed by atoms with E-state index in [1.54, 1.807) is 0 Å². The van der Waals surface area contributed by atoms with Crippen LogP contribution in [0, 0.1) is 17.6 Å². The highest BCUT2D eigenvalue weighted by Gasteiger charge is 2.34. The Bertz CT molecular complexity index is 383. The molecule has 16 heavy (non-hydrogen) atoms. The summed E-state index contributed by atoms with van der Waals surface area (Å²) in [7, 11) is 0. The van der Waals surface area contributed by atoms with E-state index in [-0.39, 0.29) is 18.0 Å². The third-order valence-corrected chi connectivity index (χ3v) is 3.10. The van der Waals surface area contributed by atoms with Gasteiger partial charge in [-0.1, -0.05) is 0 Å². The van der Waals surface area contributed by atoms with E-state index in [1.807, 2.05) is 6.92 Å². The van der Waals surface area contributed by atoms with Gasteiger partial charge in [0.15, 0.2) is 0 Å². The molecule has 0 radical (unpaired) electrons. The highest BCUT2D eigenvalue weighted by molar-refractivity contribution is 5.24. The minimum Gasteiger partial charge on any atom is -0.330 e. The molecule has 1 saturated heterocycles. The number of hydrogen-bond acceptors (Lipinski definition) is 3. The van der Waals surface area contributed by atoms with Crippen LogP contribution in [-0.4, -0.2) is 12.6 Å². The van der Waals surface area contributed by atoms with Gasteiger partial charge in [0.1, 0.15) is 11.6 Å². The number of benzene rings is 1. The highest BCUT2D eigenvalue weighted by Crippen LogP contribution is 2.29. The summed E-state index contributed by atoms with van der Waals surface area (Å²) in [5, 5.41) is 0. The molecular formula is C11H15F2N3. The maximum absolute atomic E-state index is 13.6. The van der Waals surface area contributed by atoms with Crippen LogP contribution >= 0.6 is 0 Å². The molecule has 0 saturated carbocycles. The Kier molecular flexibility index (Phi) is 3.18. The zero-order valence-corrected chi connectivity index (χ0v) is 9.00. The van der Waals surface area contributed by atoms with Gasteiger partial charge < -0.3 is 5.73 Å². The molecule has 3 atom stereocenters. The number of hydrazine groups is 1. The van der Waals surface area contributed by atoms with Gasteiger partial charge >= 0.3 is 0 Å². The predicted octanol–water partition coefficient (Wildman–Crippen LogP) is 1.08. The summed E-state index contributed by atoms with van der Waals surface area (Å²) < 4.78 is 26.7. The Morgan fingerprint density at radius 1 is 1.31 bits per heavy atom. The van der Waals surface area contributed by atoms with Crippen molar-refractivity contribution in [3.8, 4) is 0 Å². The van der Waals surface area contributed by atoms with Crippen molar-refractivity contribution in [3.63, 3.8) is 0 Å². The molecule has 3 unspecified atom stereocenters. The quantitative estimate of drug-likeness (QED) is 0.708. The van der Waals surface area contributed by atoms with E-state index in [2.05, 4.69) is 10.9 Å². The van der Waals surface area contributed by atoms with E-state index >= 15 is 0 Å². The van der Waals surface area contributed by atoms with E-state index in [0.717, 1.165) is 12.1 Å². The molecule has 88 valence electrons. The zero-order chi connectivity index (χ0) is 11.7. The maximum Gasteiger partial charge on any atom is 0.128 e. The molecule has 1 aromatic carbocycles. The first-order valence-corrected chi connectivity index (χ1v) is 5.29. The summed E-state index contributed by atoms with van der Waals surface area (Å²) >= 11 is 0. The Balaban J connectivity index is 2.33. The minimum atomic E-state index is -0.437. The van der Waals surface area contributed by atoms with Crippen LogP contribution in [0.5, 0.6) is 0 Å². The summed E-state index contributed by atoms with van der Waals surface area (Å²) in [6, 6.07) is 3.33. The molecule has 0 aromatic heterocycles. The second-order valence-corrected chi connectivity index (χ2v) is 4.12. The summed E-state index contributed by atoms with van der Waals surface area (Å²) in [6.45, 7) is 2.38. The topological polar surface area (TPSA) is 50.1 Å².